The molecule has 0 aliphatic carbocycles. The van der Waals surface area contributed by atoms with Gasteiger partial charge in [0.15, 0.2) is 0 Å². The number of rotatable bonds is 3. The quantitative estimate of drug-likeness (QED) is 0.786. The van der Waals surface area contributed by atoms with Crippen LogP contribution < -0.4 is 0 Å². The highest BCUT2D eigenvalue weighted by atomic mass is 35.5. The molecule has 24 heavy (non-hydrogen) atoms. The summed E-state index contributed by atoms with van der Waals surface area (Å²) in [5.41, 5.74) is 1.79. The number of benzene rings is 2. The smallest absolute Gasteiger partial charge is 0.262 e. The Morgan fingerprint density at radius 3 is 2.71 bits per heavy atom. The van der Waals surface area contributed by atoms with E-state index < -0.39 is 11.7 Å². The summed E-state index contributed by atoms with van der Waals surface area (Å²) < 4.78 is 15.1. The molecule has 2 aromatic carbocycles. The Morgan fingerprint density at radius 1 is 1.29 bits per heavy atom. The average molecular weight is 345 g/mol. The molecule has 3 aromatic rings. The second-order valence-electron chi connectivity index (χ2n) is 5.36. The first-order valence-corrected chi connectivity index (χ1v) is 7.49. The van der Waals surface area contributed by atoms with E-state index in [0.29, 0.717) is 22.2 Å². The Morgan fingerprint density at radius 2 is 2.04 bits per heavy atom. The van der Waals surface area contributed by atoms with Gasteiger partial charge in [-0.25, -0.2) is 4.39 Å². The van der Waals surface area contributed by atoms with Gasteiger partial charge in [-0.05, 0) is 48.9 Å². The van der Waals surface area contributed by atoms with Crippen LogP contribution in [0.25, 0.3) is 10.9 Å². The van der Waals surface area contributed by atoms with E-state index in [1.165, 1.54) is 28.8 Å². The average Bonchev–Trinajstić information content (AvgIpc) is 2.82. The molecule has 1 aromatic heterocycles. The number of aromatic hydroxyl groups is 1. The third-order valence-electron chi connectivity index (χ3n) is 3.94. The topological polar surface area (TPSA) is 59.3 Å². The van der Waals surface area contributed by atoms with Gasteiger partial charge in [-0.15, -0.1) is 0 Å². The lowest BCUT2D eigenvalue weighted by Gasteiger charge is -2.08. The predicted molar refractivity (Wildman–Crippen MR) is 88.9 cm³/mol. The zero-order valence-corrected chi connectivity index (χ0v) is 13.4. The van der Waals surface area contributed by atoms with Gasteiger partial charge in [0.05, 0.1) is 10.5 Å². The number of phenolic OH excluding ortho intramolecular Hbond substituents is 1. The second kappa shape index (κ2) is 6.09. The van der Waals surface area contributed by atoms with Crippen molar-refractivity contribution in [2.24, 2.45) is 0 Å². The van der Waals surface area contributed by atoms with Gasteiger partial charge < -0.3 is 5.11 Å². The van der Waals surface area contributed by atoms with Gasteiger partial charge in [-0.3, -0.25) is 14.2 Å². The summed E-state index contributed by atoms with van der Waals surface area (Å²) in [7, 11) is 0. The summed E-state index contributed by atoms with van der Waals surface area (Å²) in [6.07, 6.45) is 1.80. The summed E-state index contributed by atoms with van der Waals surface area (Å²) in [6.45, 7) is 1.69. The maximum absolute atomic E-state index is 13.7. The fourth-order valence-corrected chi connectivity index (χ4v) is 2.90. The number of phenols is 1. The second-order valence-corrected chi connectivity index (χ2v) is 5.76. The zero-order chi connectivity index (χ0) is 17.4. The van der Waals surface area contributed by atoms with Gasteiger partial charge in [0.25, 0.3) is 5.91 Å². The van der Waals surface area contributed by atoms with Crippen molar-refractivity contribution >= 4 is 34.7 Å². The molecule has 121 valence electrons. The van der Waals surface area contributed by atoms with Gasteiger partial charge in [0.1, 0.15) is 11.6 Å². The SMILES string of the molecule is Cc1c(C[C]=O)c2cc(O)ccc2n1C(=O)c1ccc(Cl)c(F)c1. The third-order valence-corrected chi connectivity index (χ3v) is 4.24. The highest BCUT2D eigenvalue weighted by molar-refractivity contribution is 6.30. The van der Waals surface area contributed by atoms with Crippen molar-refractivity contribution in [3.05, 3.63) is 64.1 Å². The molecule has 0 unspecified atom stereocenters. The van der Waals surface area contributed by atoms with Crippen molar-refractivity contribution in [2.45, 2.75) is 13.3 Å². The number of halogens is 2. The molecule has 1 radical (unpaired) electrons. The Bertz CT molecular complexity index is 978. The lowest BCUT2D eigenvalue weighted by molar-refractivity contribution is 0.0962. The molecule has 0 aliphatic rings. The molecule has 0 bridgehead atoms. The van der Waals surface area contributed by atoms with Crippen LogP contribution in [-0.4, -0.2) is 21.9 Å². The number of carbonyl (C=O) groups excluding carboxylic acids is 2. The molecule has 0 spiro atoms. The minimum absolute atomic E-state index is 0.0129. The molecule has 0 saturated carbocycles. The molecule has 0 amide bonds. The van der Waals surface area contributed by atoms with Gasteiger partial charge in [-0.1, -0.05) is 11.6 Å². The molecule has 1 heterocycles. The van der Waals surface area contributed by atoms with Crippen LogP contribution in [0.2, 0.25) is 5.02 Å². The first-order chi connectivity index (χ1) is 11.4. The van der Waals surface area contributed by atoms with E-state index in [1.54, 1.807) is 13.0 Å². The highest BCUT2D eigenvalue weighted by Crippen LogP contribution is 2.30. The van der Waals surface area contributed by atoms with Crippen LogP contribution in [0.3, 0.4) is 0 Å². The number of aromatic nitrogens is 1. The normalized spacial score (nSPS) is 11.0. The first kappa shape index (κ1) is 16.2. The first-order valence-electron chi connectivity index (χ1n) is 7.11. The van der Waals surface area contributed by atoms with Gasteiger partial charge >= 0.3 is 0 Å². The Balaban J connectivity index is 2.25. The summed E-state index contributed by atoms with van der Waals surface area (Å²) in [5, 5.41) is 10.2. The Hall–Kier alpha value is -2.66. The number of hydrogen-bond acceptors (Lipinski definition) is 3. The van der Waals surface area contributed by atoms with E-state index in [0.717, 1.165) is 6.07 Å². The van der Waals surface area contributed by atoms with Crippen LogP contribution >= 0.6 is 11.6 Å². The van der Waals surface area contributed by atoms with E-state index in [9.17, 15) is 19.1 Å². The van der Waals surface area contributed by atoms with Crippen LogP contribution in [0.4, 0.5) is 4.39 Å². The van der Waals surface area contributed by atoms with Crippen LogP contribution in [0, 0.1) is 12.7 Å². The minimum Gasteiger partial charge on any atom is -0.508 e. The largest absolute Gasteiger partial charge is 0.508 e. The molecule has 0 aliphatic heterocycles. The van der Waals surface area contributed by atoms with Crippen molar-refractivity contribution in [3.63, 3.8) is 0 Å². The predicted octanol–water partition coefficient (Wildman–Crippen LogP) is 3.79. The van der Waals surface area contributed by atoms with E-state index in [4.69, 9.17) is 11.6 Å². The molecular weight excluding hydrogens is 333 g/mol. The third kappa shape index (κ3) is 2.57. The minimum atomic E-state index is -0.685. The van der Waals surface area contributed by atoms with Crippen molar-refractivity contribution in [2.75, 3.05) is 0 Å². The van der Waals surface area contributed by atoms with E-state index >= 15 is 0 Å². The fourth-order valence-electron chi connectivity index (χ4n) is 2.79. The number of fused-ring (bicyclic) bond motifs is 1. The Kier molecular flexibility index (Phi) is 4.11. The molecule has 3 rings (SSSR count). The van der Waals surface area contributed by atoms with Crippen molar-refractivity contribution in [1.82, 2.24) is 4.57 Å². The molecule has 0 saturated heterocycles. The van der Waals surface area contributed by atoms with Crippen LogP contribution in [0.1, 0.15) is 21.6 Å². The number of nitrogens with zero attached hydrogens (tertiary/aromatic N) is 1. The molecule has 1 N–H and O–H groups in total. The molecule has 0 fully saturated rings. The molecule has 0 atom stereocenters. The van der Waals surface area contributed by atoms with Crippen molar-refractivity contribution in [1.29, 1.82) is 0 Å². The molecule has 4 nitrogen and oxygen atoms in total. The zero-order valence-electron chi connectivity index (χ0n) is 12.6. The molecule has 6 heteroatoms. The Labute approximate surface area is 142 Å². The van der Waals surface area contributed by atoms with E-state index in [-0.39, 0.29) is 22.8 Å². The number of hydrogen-bond donors (Lipinski definition) is 1. The number of carbonyl (C=O) groups is 1. The van der Waals surface area contributed by atoms with Crippen LogP contribution in [0.15, 0.2) is 36.4 Å². The van der Waals surface area contributed by atoms with Crippen molar-refractivity contribution in [3.8, 4) is 5.75 Å². The van der Waals surface area contributed by atoms with Gasteiger partial charge in [0.2, 0.25) is 6.29 Å². The van der Waals surface area contributed by atoms with E-state index in [1.807, 2.05) is 6.29 Å². The maximum atomic E-state index is 13.7. The fraction of sp³-hybridized carbons (Fsp3) is 0.111. The summed E-state index contributed by atoms with van der Waals surface area (Å²) >= 11 is 5.66. The monoisotopic (exact) mass is 344 g/mol. The summed E-state index contributed by atoms with van der Waals surface area (Å²) in [6, 6.07) is 8.34. The van der Waals surface area contributed by atoms with Crippen molar-refractivity contribution < 1.29 is 19.1 Å². The summed E-state index contributed by atoms with van der Waals surface area (Å²) in [5.74, 6) is -1.11. The van der Waals surface area contributed by atoms with Gasteiger partial charge in [-0.2, -0.15) is 0 Å². The standard InChI is InChI=1S/C18H12ClFNO3/c1-10-13(6-7-22)14-9-12(23)3-5-17(14)21(10)18(24)11-2-4-15(19)16(20)8-11/h2-5,8-9,23H,6H2,1H3. The van der Waals surface area contributed by atoms with Crippen LogP contribution in [-0.2, 0) is 11.2 Å². The van der Waals surface area contributed by atoms with Gasteiger partial charge in [0, 0.05) is 23.1 Å². The summed E-state index contributed by atoms with van der Waals surface area (Å²) in [4.78, 5) is 23.7. The lowest BCUT2D eigenvalue weighted by Crippen LogP contribution is -2.14. The lowest BCUT2D eigenvalue weighted by atomic mass is 10.1. The highest BCUT2D eigenvalue weighted by Gasteiger charge is 2.20. The molecular formula is C18H12ClFNO3. The van der Waals surface area contributed by atoms with E-state index in [2.05, 4.69) is 0 Å². The van der Waals surface area contributed by atoms with Crippen LogP contribution in [0.5, 0.6) is 5.75 Å². The maximum Gasteiger partial charge on any atom is 0.262 e.